The van der Waals surface area contributed by atoms with Crippen molar-refractivity contribution in [2.45, 2.75) is 6.54 Å². The van der Waals surface area contributed by atoms with Crippen molar-refractivity contribution in [1.29, 1.82) is 10.7 Å². The third-order valence-electron chi connectivity index (χ3n) is 3.81. The summed E-state index contributed by atoms with van der Waals surface area (Å²) < 4.78 is 0. The Balaban J connectivity index is 1.98. The molecular formula is C19H17N7. The van der Waals surface area contributed by atoms with Crippen molar-refractivity contribution in [3.63, 3.8) is 0 Å². The molecule has 1 aromatic heterocycles. The molecule has 7 nitrogen and oxygen atoms in total. The molecule has 0 aliphatic carbocycles. The van der Waals surface area contributed by atoms with E-state index in [1.54, 1.807) is 18.2 Å². The minimum absolute atomic E-state index is 0.0905. The molecule has 0 aliphatic heterocycles. The normalized spacial score (nSPS) is 10.1. The van der Waals surface area contributed by atoms with E-state index in [9.17, 15) is 0 Å². The fraction of sp³-hybridized carbons (Fsp3) is 0.0526. The number of aromatic nitrogens is 2. The van der Waals surface area contributed by atoms with Crippen LogP contribution < -0.4 is 16.8 Å². The Labute approximate surface area is 150 Å². The highest BCUT2D eigenvalue weighted by molar-refractivity contribution is 5.93. The van der Waals surface area contributed by atoms with Gasteiger partial charge < -0.3 is 22.2 Å². The number of rotatable bonds is 5. The largest absolute Gasteiger partial charge is 0.399 e. The van der Waals surface area contributed by atoms with E-state index in [1.165, 1.54) is 6.21 Å². The summed E-state index contributed by atoms with van der Waals surface area (Å²) in [5.41, 5.74) is 15.5. The lowest BCUT2D eigenvalue weighted by Gasteiger charge is -2.13. The number of hydrogen-bond acceptors (Lipinski definition) is 7. The van der Waals surface area contributed by atoms with Crippen LogP contribution >= 0.6 is 0 Å². The van der Waals surface area contributed by atoms with Gasteiger partial charge in [0.25, 0.3) is 0 Å². The Morgan fingerprint density at radius 1 is 1.12 bits per heavy atom. The Kier molecular flexibility index (Phi) is 4.76. The Morgan fingerprint density at radius 2 is 1.88 bits per heavy atom. The van der Waals surface area contributed by atoms with Crippen molar-refractivity contribution in [3.05, 3.63) is 65.2 Å². The first-order valence-corrected chi connectivity index (χ1v) is 7.87. The van der Waals surface area contributed by atoms with Crippen LogP contribution in [0.25, 0.3) is 11.3 Å². The van der Waals surface area contributed by atoms with E-state index in [4.69, 9.17) is 22.1 Å². The van der Waals surface area contributed by atoms with Gasteiger partial charge in [0, 0.05) is 24.0 Å². The van der Waals surface area contributed by atoms with Gasteiger partial charge in [0.15, 0.2) is 0 Å². The summed E-state index contributed by atoms with van der Waals surface area (Å²) in [6.45, 7) is 0.495. The zero-order valence-corrected chi connectivity index (χ0v) is 13.9. The monoisotopic (exact) mass is 343 g/mol. The van der Waals surface area contributed by atoms with Crippen molar-refractivity contribution >= 4 is 23.7 Å². The number of nitrogens with zero attached hydrogens (tertiary/aromatic N) is 3. The summed E-state index contributed by atoms with van der Waals surface area (Å²) >= 11 is 0. The number of hydrogen-bond donors (Lipinski definition) is 4. The van der Waals surface area contributed by atoms with E-state index in [0.29, 0.717) is 40.4 Å². The number of nitriles is 1. The van der Waals surface area contributed by atoms with Crippen molar-refractivity contribution in [2.75, 3.05) is 16.8 Å². The smallest absolute Gasteiger partial charge is 0.222 e. The molecule has 0 saturated heterocycles. The van der Waals surface area contributed by atoms with Gasteiger partial charge >= 0.3 is 0 Å². The van der Waals surface area contributed by atoms with Gasteiger partial charge in [0.2, 0.25) is 5.95 Å². The van der Waals surface area contributed by atoms with Crippen LogP contribution in [0.5, 0.6) is 0 Å². The highest BCUT2D eigenvalue weighted by atomic mass is 15.1. The molecule has 6 N–H and O–H groups in total. The van der Waals surface area contributed by atoms with E-state index in [-0.39, 0.29) is 5.95 Å². The van der Waals surface area contributed by atoms with Crippen LogP contribution in [0.1, 0.15) is 16.7 Å². The summed E-state index contributed by atoms with van der Waals surface area (Å²) in [6, 6.07) is 16.6. The van der Waals surface area contributed by atoms with Crippen molar-refractivity contribution in [2.24, 2.45) is 0 Å². The topological polar surface area (TPSA) is 137 Å². The molecular weight excluding hydrogens is 326 g/mol. The average molecular weight is 343 g/mol. The molecule has 0 atom stereocenters. The summed E-state index contributed by atoms with van der Waals surface area (Å²) in [6.07, 6.45) is 1.18. The van der Waals surface area contributed by atoms with E-state index in [0.717, 1.165) is 5.56 Å². The molecule has 0 aliphatic rings. The van der Waals surface area contributed by atoms with Crippen molar-refractivity contribution < 1.29 is 0 Å². The first-order chi connectivity index (χ1) is 12.6. The second-order valence-electron chi connectivity index (χ2n) is 5.62. The van der Waals surface area contributed by atoms with Crippen molar-refractivity contribution in [3.8, 4) is 17.3 Å². The minimum Gasteiger partial charge on any atom is -0.399 e. The highest BCUT2D eigenvalue weighted by Gasteiger charge is 2.14. The molecule has 0 radical (unpaired) electrons. The van der Waals surface area contributed by atoms with Crippen LogP contribution in [-0.4, -0.2) is 16.2 Å². The van der Waals surface area contributed by atoms with Crippen LogP contribution in [0.4, 0.5) is 17.5 Å². The van der Waals surface area contributed by atoms with Gasteiger partial charge in [-0.15, -0.1) is 0 Å². The molecule has 0 unspecified atom stereocenters. The van der Waals surface area contributed by atoms with E-state index >= 15 is 0 Å². The lowest BCUT2D eigenvalue weighted by atomic mass is 10.0. The van der Waals surface area contributed by atoms with Gasteiger partial charge in [-0.1, -0.05) is 24.3 Å². The van der Waals surface area contributed by atoms with Gasteiger partial charge in [-0.05, 0) is 29.8 Å². The quantitative estimate of drug-likeness (QED) is 0.415. The second-order valence-corrected chi connectivity index (χ2v) is 5.62. The molecule has 0 saturated carbocycles. The zero-order valence-electron chi connectivity index (χ0n) is 13.9. The third-order valence-corrected chi connectivity index (χ3v) is 3.81. The second kappa shape index (κ2) is 7.32. The molecule has 1 heterocycles. The fourth-order valence-corrected chi connectivity index (χ4v) is 2.54. The first-order valence-electron chi connectivity index (χ1n) is 7.87. The van der Waals surface area contributed by atoms with Crippen LogP contribution in [0.15, 0.2) is 48.5 Å². The maximum Gasteiger partial charge on any atom is 0.222 e. The number of nitrogen functional groups attached to an aromatic ring is 2. The van der Waals surface area contributed by atoms with Crippen LogP contribution in [0.2, 0.25) is 0 Å². The predicted octanol–water partition coefficient (Wildman–Crippen LogP) is 2.79. The number of nitrogens with one attached hydrogen (secondary N) is 2. The Bertz CT molecular complexity index is 988. The molecule has 3 aromatic rings. The summed E-state index contributed by atoms with van der Waals surface area (Å²) in [4.78, 5) is 8.49. The summed E-state index contributed by atoms with van der Waals surface area (Å²) in [5, 5.41) is 20.1. The Morgan fingerprint density at radius 3 is 2.58 bits per heavy atom. The fourth-order valence-electron chi connectivity index (χ4n) is 2.54. The highest BCUT2D eigenvalue weighted by Crippen LogP contribution is 2.27. The van der Waals surface area contributed by atoms with Crippen LogP contribution in [0.3, 0.4) is 0 Å². The van der Waals surface area contributed by atoms with Crippen molar-refractivity contribution in [1.82, 2.24) is 9.97 Å². The van der Waals surface area contributed by atoms with Gasteiger partial charge in [-0.2, -0.15) is 10.2 Å². The number of nitrogens with two attached hydrogens (primary N) is 2. The predicted molar refractivity (Wildman–Crippen MR) is 103 cm³/mol. The minimum atomic E-state index is 0.0905. The SMILES string of the molecule is N#Cc1cccc(-c2nc(N)nc(NCc3ccc(N)cc3)c2C=N)c1. The molecule has 0 fully saturated rings. The first kappa shape index (κ1) is 16.9. The molecule has 26 heavy (non-hydrogen) atoms. The standard InChI is InChI=1S/C19H17N7/c20-9-13-2-1-3-14(8-13)17-16(10-21)18(26-19(23)25-17)24-11-12-4-6-15(22)7-5-12/h1-8,10,21H,11,22H2,(H3,23,24,25,26). The average Bonchev–Trinajstić information content (AvgIpc) is 2.67. The van der Waals surface area contributed by atoms with E-state index < -0.39 is 0 Å². The van der Waals surface area contributed by atoms with Gasteiger partial charge in [0.05, 0.1) is 22.9 Å². The van der Waals surface area contributed by atoms with Gasteiger partial charge in [-0.25, -0.2) is 4.98 Å². The summed E-state index contributed by atoms with van der Waals surface area (Å²) in [5.74, 6) is 0.550. The number of benzene rings is 2. The maximum atomic E-state index is 9.10. The van der Waals surface area contributed by atoms with E-state index in [2.05, 4.69) is 21.4 Å². The summed E-state index contributed by atoms with van der Waals surface area (Å²) in [7, 11) is 0. The molecule has 128 valence electrons. The third kappa shape index (κ3) is 3.60. The molecule has 7 heteroatoms. The lowest BCUT2D eigenvalue weighted by Crippen LogP contribution is -2.09. The Hall–Kier alpha value is -3.92. The van der Waals surface area contributed by atoms with Crippen LogP contribution in [0, 0.1) is 16.7 Å². The van der Waals surface area contributed by atoms with Crippen LogP contribution in [-0.2, 0) is 6.54 Å². The molecule has 0 amide bonds. The van der Waals surface area contributed by atoms with Gasteiger partial charge in [-0.3, -0.25) is 0 Å². The lowest BCUT2D eigenvalue weighted by molar-refractivity contribution is 1.09. The van der Waals surface area contributed by atoms with Gasteiger partial charge in [0.1, 0.15) is 5.82 Å². The molecule has 2 aromatic carbocycles. The van der Waals surface area contributed by atoms with E-state index in [1.807, 2.05) is 30.3 Å². The zero-order chi connectivity index (χ0) is 18.5. The molecule has 0 bridgehead atoms. The molecule has 3 rings (SSSR count). The number of anilines is 3. The molecule has 0 spiro atoms. The maximum absolute atomic E-state index is 9.10.